The highest BCUT2D eigenvalue weighted by Crippen LogP contribution is 2.34. The summed E-state index contributed by atoms with van der Waals surface area (Å²) in [4.78, 5) is 39.0. The molecule has 2 N–H and O–H groups in total. The van der Waals surface area contributed by atoms with Crippen LogP contribution in [0.5, 0.6) is 5.75 Å². The third-order valence-corrected chi connectivity index (χ3v) is 11.6. The minimum absolute atomic E-state index is 0.0417. The van der Waals surface area contributed by atoms with E-state index in [0.717, 1.165) is 33.6 Å². The van der Waals surface area contributed by atoms with Crippen LogP contribution in [-0.2, 0) is 4.79 Å². The molecule has 45 heavy (non-hydrogen) atoms. The molecule has 6 rings (SSSR count). The normalized spacial score (nSPS) is 11.5. The fourth-order valence-corrected chi connectivity index (χ4v) is 8.75. The van der Waals surface area contributed by atoms with Gasteiger partial charge in [0.15, 0.2) is 14.5 Å². The van der Waals surface area contributed by atoms with Gasteiger partial charge in [0.05, 0.1) is 42.6 Å². The number of nitrogens with one attached hydrogen (secondary N) is 1. The van der Waals surface area contributed by atoms with Gasteiger partial charge in [0.1, 0.15) is 5.75 Å². The van der Waals surface area contributed by atoms with E-state index in [9.17, 15) is 14.7 Å². The standard InChI is InChI=1S/C31H19BrCl2N4O3S4/c32-18-3-1-16(2-4-18)25(39)14-42-30-37-24-8-6-21(12-27(24)45-30)36-28(40)15-43-31-38-23-7-5-20(11-26(23)44-31)35-13-17-9-19(33)10-22(34)29(17)41/h1-13,41H,14-15H2,(H,36,40). The highest BCUT2D eigenvalue weighted by atomic mass is 79.9. The molecule has 14 heteroatoms. The van der Waals surface area contributed by atoms with Gasteiger partial charge in [-0.2, -0.15) is 0 Å². The summed E-state index contributed by atoms with van der Waals surface area (Å²) in [6.07, 6.45) is 1.50. The van der Waals surface area contributed by atoms with E-state index in [2.05, 4.69) is 36.2 Å². The second kappa shape index (κ2) is 14.2. The van der Waals surface area contributed by atoms with Crippen LogP contribution in [0.3, 0.4) is 0 Å². The zero-order valence-electron chi connectivity index (χ0n) is 22.8. The van der Waals surface area contributed by atoms with Crippen molar-refractivity contribution in [2.45, 2.75) is 8.68 Å². The van der Waals surface area contributed by atoms with E-state index in [1.54, 1.807) is 18.2 Å². The Hall–Kier alpha value is -2.97. The first-order valence-corrected chi connectivity index (χ1v) is 18.2. The van der Waals surface area contributed by atoms with E-state index in [-0.39, 0.29) is 28.2 Å². The first-order chi connectivity index (χ1) is 21.7. The third-order valence-electron chi connectivity index (χ3n) is 6.24. The number of rotatable bonds is 10. The molecule has 0 aliphatic rings. The number of hydrogen-bond acceptors (Lipinski definition) is 10. The van der Waals surface area contributed by atoms with Crippen molar-refractivity contribution in [3.63, 3.8) is 0 Å². The summed E-state index contributed by atoms with van der Waals surface area (Å²) in [5.74, 6) is 0.297. The van der Waals surface area contributed by atoms with Gasteiger partial charge in [-0.15, -0.1) is 22.7 Å². The number of thiazole rings is 2. The van der Waals surface area contributed by atoms with Crippen molar-refractivity contribution in [2.75, 3.05) is 16.8 Å². The van der Waals surface area contributed by atoms with Crippen molar-refractivity contribution >= 4 is 135 Å². The fraction of sp³-hybridized carbons (Fsp3) is 0.0645. The van der Waals surface area contributed by atoms with Gasteiger partial charge < -0.3 is 10.4 Å². The summed E-state index contributed by atoms with van der Waals surface area (Å²) in [6.45, 7) is 0. The number of carbonyl (C=O) groups excluding carboxylic acids is 2. The molecule has 1 amide bonds. The van der Waals surface area contributed by atoms with Crippen LogP contribution >= 0.6 is 85.3 Å². The van der Waals surface area contributed by atoms with Gasteiger partial charge in [-0.25, -0.2) is 9.97 Å². The quantitative estimate of drug-likeness (QED) is 0.0811. The van der Waals surface area contributed by atoms with E-state index < -0.39 is 0 Å². The molecule has 0 atom stereocenters. The number of aliphatic imine (C=N–C) groups is 1. The predicted octanol–water partition coefficient (Wildman–Crippen LogP) is 10.1. The molecule has 6 aromatic rings. The van der Waals surface area contributed by atoms with Gasteiger partial charge in [-0.05, 0) is 60.7 Å². The number of benzene rings is 4. The Morgan fingerprint density at radius 1 is 0.889 bits per heavy atom. The maximum absolute atomic E-state index is 12.8. The second-order valence-corrected chi connectivity index (χ2v) is 15.7. The molecule has 0 aliphatic heterocycles. The number of thioether (sulfide) groups is 2. The Balaban J connectivity index is 1.04. The van der Waals surface area contributed by atoms with Gasteiger partial charge in [-0.1, -0.05) is 74.8 Å². The smallest absolute Gasteiger partial charge is 0.234 e. The zero-order valence-corrected chi connectivity index (χ0v) is 29.2. The lowest BCUT2D eigenvalue weighted by molar-refractivity contribution is -0.113. The van der Waals surface area contributed by atoms with Crippen LogP contribution in [0.15, 0.2) is 90.9 Å². The molecule has 0 aliphatic carbocycles. The molecule has 0 unspecified atom stereocenters. The second-order valence-electron chi connectivity index (χ2n) is 9.43. The third kappa shape index (κ3) is 8.07. The number of hydrogen-bond donors (Lipinski definition) is 2. The molecule has 2 aromatic heterocycles. The van der Waals surface area contributed by atoms with Gasteiger partial charge in [-0.3, -0.25) is 14.6 Å². The van der Waals surface area contributed by atoms with Crippen LogP contribution in [0.25, 0.3) is 20.4 Å². The zero-order chi connectivity index (χ0) is 31.5. The Morgan fingerprint density at radius 2 is 1.56 bits per heavy atom. The van der Waals surface area contributed by atoms with Gasteiger partial charge in [0.2, 0.25) is 5.91 Å². The summed E-state index contributed by atoms with van der Waals surface area (Å²) in [6, 6.07) is 21.5. The number of anilines is 1. The largest absolute Gasteiger partial charge is 0.506 e. The van der Waals surface area contributed by atoms with Crippen molar-refractivity contribution in [1.82, 2.24) is 9.97 Å². The maximum atomic E-state index is 12.8. The van der Waals surface area contributed by atoms with Gasteiger partial charge in [0, 0.05) is 32.5 Å². The lowest BCUT2D eigenvalue weighted by atomic mass is 10.2. The molecule has 0 saturated carbocycles. The number of phenolic OH excluding ortho intramolecular Hbond substituents is 1. The van der Waals surface area contributed by atoms with E-state index in [4.69, 9.17) is 23.2 Å². The van der Waals surface area contributed by atoms with Crippen molar-refractivity contribution < 1.29 is 14.7 Å². The first kappa shape index (κ1) is 32.0. The molecule has 0 bridgehead atoms. The van der Waals surface area contributed by atoms with Crippen molar-refractivity contribution in [3.05, 3.63) is 98.4 Å². The van der Waals surface area contributed by atoms with Gasteiger partial charge >= 0.3 is 0 Å². The van der Waals surface area contributed by atoms with E-state index >= 15 is 0 Å². The molecule has 2 heterocycles. The fourth-order valence-electron chi connectivity index (χ4n) is 4.08. The minimum Gasteiger partial charge on any atom is -0.506 e. The number of halogens is 3. The highest BCUT2D eigenvalue weighted by Gasteiger charge is 2.13. The number of phenols is 1. The lowest BCUT2D eigenvalue weighted by Crippen LogP contribution is -2.13. The number of fused-ring (bicyclic) bond motifs is 2. The first-order valence-electron chi connectivity index (χ1n) is 13.1. The van der Waals surface area contributed by atoms with Crippen LogP contribution in [0.4, 0.5) is 11.4 Å². The SMILES string of the molecule is O=C(CSc1nc2ccc(N=Cc3cc(Cl)cc(Cl)c3O)cc2s1)Nc1ccc2nc(SCC(=O)c3ccc(Br)cc3)sc2c1. The van der Waals surface area contributed by atoms with Gasteiger partial charge in [0.25, 0.3) is 0 Å². The van der Waals surface area contributed by atoms with E-state index in [1.165, 1.54) is 58.5 Å². The molecular weight excluding hydrogens is 755 g/mol. The van der Waals surface area contributed by atoms with E-state index in [0.29, 0.717) is 33.3 Å². The summed E-state index contributed by atoms with van der Waals surface area (Å²) >= 11 is 21.1. The summed E-state index contributed by atoms with van der Waals surface area (Å²) in [7, 11) is 0. The van der Waals surface area contributed by atoms with Crippen molar-refractivity contribution in [1.29, 1.82) is 0 Å². The Kier molecular flexibility index (Phi) is 10.1. The molecule has 0 radical (unpaired) electrons. The molecule has 226 valence electrons. The summed E-state index contributed by atoms with van der Waals surface area (Å²) in [5, 5.41) is 13.7. The topological polar surface area (TPSA) is 105 Å². The number of nitrogens with zero attached hydrogens (tertiary/aromatic N) is 3. The Morgan fingerprint density at radius 3 is 2.29 bits per heavy atom. The van der Waals surface area contributed by atoms with Crippen LogP contribution in [0.1, 0.15) is 15.9 Å². The Bertz CT molecular complexity index is 2100. The highest BCUT2D eigenvalue weighted by molar-refractivity contribution is 9.10. The van der Waals surface area contributed by atoms with Crippen LogP contribution in [0, 0.1) is 0 Å². The molecule has 4 aromatic carbocycles. The Labute approximate surface area is 292 Å². The summed E-state index contributed by atoms with van der Waals surface area (Å²) in [5.41, 5.74) is 4.05. The van der Waals surface area contributed by atoms with Crippen molar-refractivity contribution in [3.8, 4) is 5.75 Å². The number of Topliss-reactive ketones (excluding diaryl/α,β-unsaturated/α-hetero) is 1. The molecule has 0 fully saturated rings. The number of aromatic nitrogens is 2. The van der Waals surface area contributed by atoms with Crippen LogP contribution in [-0.4, -0.2) is 44.5 Å². The van der Waals surface area contributed by atoms with Crippen LogP contribution < -0.4 is 5.32 Å². The maximum Gasteiger partial charge on any atom is 0.234 e. The van der Waals surface area contributed by atoms with Crippen molar-refractivity contribution in [2.24, 2.45) is 4.99 Å². The predicted molar refractivity (Wildman–Crippen MR) is 193 cm³/mol. The minimum atomic E-state index is -0.150. The number of aromatic hydroxyl groups is 1. The molecular formula is C31H19BrCl2N4O3S4. The molecule has 0 spiro atoms. The number of ketones is 1. The summed E-state index contributed by atoms with van der Waals surface area (Å²) < 4.78 is 4.34. The lowest BCUT2D eigenvalue weighted by Gasteiger charge is -2.03. The average molecular weight is 775 g/mol. The van der Waals surface area contributed by atoms with Crippen LogP contribution in [0.2, 0.25) is 10.0 Å². The molecule has 0 saturated heterocycles. The number of amides is 1. The monoisotopic (exact) mass is 772 g/mol. The van der Waals surface area contributed by atoms with E-state index in [1.807, 2.05) is 48.5 Å². The molecule has 7 nitrogen and oxygen atoms in total. The number of carbonyl (C=O) groups is 2. The average Bonchev–Trinajstić information content (AvgIpc) is 3.63.